The summed E-state index contributed by atoms with van der Waals surface area (Å²) in [6.45, 7) is 10.1. The summed E-state index contributed by atoms with van der Waals surface area (Å²) >= 11 is 0. The second-order valence-corrected chi connectivity index (χ2v) is 5.26. The van der Waals surface area contributed by atoms with Crippen molar-refractivity contribution in [3.05, 3.63) is 59.7 Å². The summed E-state index contributed by atoms with van der Waals surface area (Å²) in [7, 11) is 0. The topological polar surface area (TPSA) is 118 Å². The first kappa shape index (κ1) is 23.9. The molecule has 7 nitrogen and oxygen atoms in total. The summed E-state index contributed by atoms with van der Waals surface area (Å²) in [4.78, 5) is 22.9. The third-order valence-corrected chi connectivity index (χ3v) is 3.61. The van der Waals surface area contributed by atoms with Gasteiger partial charge >= 0.3 is 11.9 Å². The first-order chi connectivity index (χ1) is 12.8. The molecule has 2 aromatic carbocycles. The van der Waals surface area contributed by atoms with Crippen LogP contribution in [0.2, 0.25) is 0 Å². The molecule has 0 bridgehead atoms. The van der Waals surface area contributed by atoms with E-state index in [0.717, 1.165) is 0 Å². The molecule has 0 fully saturated rings. The summed E-state index contributed by atoms with van der Waals surface area (Å²) in [5.74, 6) is -2.62. The van der Waals surface area contributed by atoms with Gasteiger partial charge in [0.25, 0.3) is 0 Å². The van der Waals surface area contributed by atoms with E-state index in [1.807, 2.05) is 0 Å². The fourth-order valence-corrected chi connectivity index (χ4v) is 1.98. The Hall–Kier alpha value is -3.06. The summed E-state index contributed by atoms with van der Waals surface area (Å²) in [6, 6.07) is 11.6. The van der Waals surface area contributed by atoms with Gasteiger partial charge in [-0.1, -0.05) is 45.0 Å². The minimum atomic E-state index is -1.11. The SMILES string of the molecule is CCN(CC)CC.O=C(O)c1ccccc1O.O=C(O)c1ccccc1O. The Morgan fingerprint density at radius 3 is 1.15 bits per heavy atom. The highest BCUT2D eigenvalue weighted by Gasteiger charge is 2.06. The Bertz CT molecular complexity index is 652. The fourth-order valence-electron chi connectivity index (χ4n) is 1.98. The smallest absolute Gasteiger partial charge is 0.339 e. The van der Waals surface area contributed by atoms with Crippen molar-refractivity contribution in [3.8, 4) is 11.5 Å². The van der Waals surface area contributed by atoms with Gasteiger partial charge in [0.15, 0.2) is 0 Å². The molecular weight excluding hydrogens is 350 g/mol. The Balaban J connectivity index is 0.000000384. The maximum absolute atomic E-state index is 10.3. The lowest BCUT2D eigenvalue weighted by molar-refractivity contribution is 0.0682. The van der Waals surface area contributed by atoms with Crippen LogP contribution in [0.1, 0.15) is 41.5 Å². The standard InChI is InChI=1S/2C7H6O3.C6H15N/c2*8-6-4-2-1-3-5(6)7(9)10;1-4-7(5-2)6-3/h2*1-4,8H,(H,9,10);4-6H2,1-3H3. The normalized spacial score (nSPS) is 9.48. The minimum Gasteiger partial charge on any atom is -0.507 e. The van der Waals surface area contributed by atoms with Crippen LogP contribution in [0, 0.1) is 0 Å². The van der Waals surface area contributed by atoms with Crippen LogP contribution in [-0.4, -0.2) is 56.9 Å². The van der Waals surface area contributed by atoms with Gasteiger partial charge in [0.2, 0.25) is 0 Å². The van der Waals surface area contributed by atoms with Crippen LogP contribution in [0.4, 0.5) is 0 Å². The number of carboxylic acids is 2. The van der Waals surface area contributed by atoms with E-state index in [0.29, 0.717) is 0 Å². The average Bonchev–Trinajstić information content (AvgIpc) is 2.64. The first-order valence-corrected chi connectivity index (χ1v) is 8.53. The van der Waals surface area contributed by atoms with E-state index >= 15 is 0 Å². The van der Waals surface area contributed by atoms with Crippen LogP contribution in [0.5, 0.6) is 11.5 Å². The number of hydrogen-bond acceptors (Lipinski definition) is 5. The molecule has 0 aliphatic rings. The molecule has 0 aromatic heterocycles. The van der Waals surface area contributed by atoms with Gasteiger partial charge in [0.1, 0.15) is 22.6 Å². The third-order valence-electron chi connectivity index (χ3n) is 3.61. The molecular formula is C20H27NO6. The van der Waals surface area contributed by atoms with Crippen molar-refractivity contribution in [2.24, 2.45) is 0 Å². The third kappa shape index (κ3) is 9.27. The summed E-state index contributed by atoms with van der Waals surface area (Å²) in [5.41, 5.74) is -0.134. The molecule has 0 saturated carbocycles. The van der Waals surface area contributed by atoms with E-state index in [4.69, 9.17) is 20.4 Å². The van der Waals surface area contributed by atoms with E-state index in [1.165, 1.54) is 43.9 Å². The number of carbonyl (C=O) groups is 2. The molecule has 0 amide bonds. The molecule has 27 heavy (non-hydrogen) atoms. The molecule has 0 heterocycles. The van der Waals surface area contributed by atoms with Gasteiger partial charge in [-0.05, 0) is 43.9 Å². The van der Waals surface area contributed by atoms with Crippen molar-refractivity contribution in [2.45, 2.75) is 20.8 Å². The van der Waals surface area contributed by atoms with Gasteiger partial charge in [-0.15, -0.1) is 0 Å². The van der Waals surface area contributed by atoms with Crippen LogP contribution in [0.3, 0.4) is 0 Å². The molecule has 2 aromatic rings. The predicted octanol–water partition coefficient (Wildman–Crippen LogP) is 3.53. The first-order valence-electron chi connectivity index (χ1n) is 8.53. The predicted molar refractivity (Wildman–Crippen MR) is 104 cm³/mol. The Morgan fingerprint density at radius 1 is 0.704 bits per heavy atom. The van der Waals surface area contributed by atoms with Gasteiger partial charge in [0.05, 0.1) is 0 Å². The van der Waals surface area contributed by atoms with Gasteiger partial charge in [0, 0.05) is 0 Å². The Kier molecular flexibility index (Phi) is 11.7. The average molecular weight is 377 g/mol. The van der Waals surface area contributed by atoms with Gasteiger partial charge < -0.3 is 25.3 Å². The van der Waals surface area contributed by atoms with Gasteiger partial charge in [-0.2, -0.15) is 0 Å². The molecule has 0 aliphatic heterocycles. The summed E-state index contributed by atoms with van der Waals surface area (Å²) < 4.78 is 0. The molecule has 0 spiro atoms. The van der Waals surface area contributed by atoms with E-state index in [9.17, 15) is 9.59 Å². The Morgan fingerprint density at radius 2 is 1.00 bits per heavy atom. The van der Waals surface area contributed by atoms with Crippen molar-refractivity contribution < 1.29 is 30.0 Å². The Labute approximate surface area is 159 Å². The quantitative estimate of drug-likeness (QED) is 0.629. The van der Waals surface area contributed by atoms with Crippen molar-refractivity contribution in [3.63, 3.8) is 0 Å². The molecule has 0 unspecified atom stereocenters. The highest BCUT2D eigenvalue weighted by atomic mass is 16.4. The number of hydrogen-bond donors (Lipinski definition) is 4. The lowest BCUT2D eigenvalue weighted by Gasteiger charge is -2.13. The van der Waals surface area contributed by atoms with E-state index < -0.39 is 11.9 Å². The maximum Gasteiger partial charge on any atom is 0.339 e. The van der Waals surface area contributed by atoms with Crippen molar-refractivity contribution in [2.75, 3.05) is 19.6 Å². The second-order valence-electron chi connectivity index (χ2n) is 5.26. The lowest BCUT2D eigenvalue weighted by atomic mass is 10.2. The lowest BCUT2D eigenvalue weighted by Crippen LogP contribution is -2.21. The van der Waals surface area contributed by atoms with Crippen LogP contribution in [0.15, 0.2) is 48.5 Å². The number of rotatable bonds is 5. The number of nitrogens with zero attached hydrogens (tertiary/aromatic N) is 1. The molecule has 148 valence electrons. The number of aromatic carboxylic acids is 2. The van der Waals surface area contributed by atoms with Crippen LogP contribution >= 0.6 is 0 Å². The fraction of sp³-hybridized carbons (Fsp3) is 0.300. The molecule has 7 heteroatoms. The van der Waals surface area contributed by atoms with Crippen LogP contribution in [-0.2, 0) is 0 Å². The van der Waals surface area contributed by atoms with Gasteiger partial charge in [-0.25, -0.2) is 9.59 Å². The zero-order valence-electron chi connectivity index (χ0n) is 15.8. The molecule has 0 atom stereocenters. The number of aromatic hydroxyl groups is 2. The number of phenols is 2. The molecule has 0 aliphatic carbocycles. The second kappa shape index (κ2) is 13.2. The van der Waals surface area contributed by atoms with Crippen molar-refractivity contribution >= 4 is 11.9 Å². The highest BCUT2D eigenvalue weighted by Crippen LogP contribution is 2.15. The van der Waals surface area contributed by atoms with Gasteiger partial charge in [-0.3, -0.25) is 0 Å². The molecule has 4 N–H and O–H groups in total. The zero-order valence-corrected chi connectivity index (χ0v) is 15.8. The number of para-hydroxylation sites is 2. The van der Waals surface area contributed by atoms with E-state index in [1.54, 1.807) is 24.3 Å². The monoisotopic (exact) mass is 377 g/mol. The molecule has 2 rings (SSSR count). The largest absolute Gasteiger partial charge is 0.507 e. The van der Waals surface area contributed by atoms with Crippen molar-refractivity contribution in [1.82, 2.24) is 4.90 Å². The van der Waals surface area contributed by atoms with Crippen LogP contribution < -0.4 is 0 Å². The van der Waals surface area contributed by atoms with Crippen molar-refractivity contribution in [1.29, 1.82) is 0 Å². The molecule has 0 saturated heterocycles. The summed E-state index contributed by atoms with van der Waals surface area (Å²) in [6.07, 6.45) is 0. The summed E-state index contributed by atoms with van der Waals surface area (Å²) in [5, 5.41) is 34.6. The minimum absolute atomic E-state index is 0.0671. The zero-order chi connectivity index (χ0) is 20.8. The number of benzene rings is 2. The maximum atomic E-state index is 10.3. The van der Waals surface area contributed by atoms with Crippen LogP contribution in [0.25, 0.3) is 0 Å². The number of carboxylic acid groups (broad SMARTS) is 2. The van der Waals surface area contributed by atoms with E-state index in [-0.39, 0.29) is 22.6 Å². The molecule has 0 radical (unpaired) electrons. The van der Waals surface area contributed by atoms with E-state index in [2.05, 4.69) is 25.7 Å². The highest BCUT2D eigenvalue weighted by molar-refractivity contribution is 5.91.